The molecule has 1 aliphatic carbocycles. The molecule has 1 saturated carbocycles. The van der Waals surface area contributed by atoms with Crippen molar-refractivity contribution in [2.75, 3.05) is 20.1 Å². The molecule has 0 radical (unpaired) electrons. The van der Waals surface area contributed by atoms with Crippen LogP contribution >= 0.6 is 11.6 Å². The summed E-state index contributed by atoms with van der Waals surface area (Å²) in [7, 11) is 2.22. The lowest BCUT2D eigenvalue weighted by molar-refractivity contribution is 0.0950. The van der Waals surface area contributed by atoms with E-state index in [-0.39, 0.29) is 5.91 Å². The lowest BCUT2D eigenvalue weighted by Crippen LogP contribution is -2.35. The maximum atomic E-state index is 12.7. The van der Waals surface area contributed by atoms with Gasteiger partial charge < -0.3 is 10.2 Å². The molecule has 1 aliphatic rings. The molecule has 1 N–H and O–H groups in total. The van der Waals surface area contributed by atoms with Crippen molar-refractivity contribution in [3.63, 3.8) is 0 Å². The summed E-state index contributed by atoms with van der Waals surface area (Å²) in [4.78, 5) is 15.2. The van der Waals surface area contributed by atoms with E-state index in [1.165, 1.54) is 32.1 Å². The number of amides is 1. The van der Waals surface area contributed by atoms with E-state index in [9.17, 15) is 4.79 Å². The van der Waals surface area contributed by atoms with Gasteiger partial charge in [-0.05, 0) is 62.7 Å². The number of nitrogens with zero attached hydrogens (tertiary/aromatic N) is 3. The molecule has 1 fully saturated rings. The quantitative estimate of drug-likeness (QED) is 0.496. The molecule has 1 amide bonds. The largest absolute Gasteiger partial charge is 0.352 e. The number of hydrogen-bond donors (Lipinski definition) is 1. The van der Waals surface area contributed by atoms with Gasteiger partial charge in [0.25, 0.3) is 5.91 Å². The Morgan fingerprint density at radius 2 is 1.94 bits per heavy atom. The second kappa shape index (κ2) is 10.3. The van der Waals surface area contributed by atoms with Gasteiger partial charge in [0.05, 0.1) is 18.3 Å². The summed E-state index contributed by atoms with van der Waals surface area (Å²) in [5.74, 6) is -0.0264. The molecule has 31 heavy (non-hydrogen) atoms. The summed E-state index contributed by atoms with van der Waals surface area (Å²) < 4.78 is 1.93. The maximum absolute atomic E-state index is 12.7. The minimum atomic E-state index is -0.0264. The fraction of sp³-hybridized carbons (Fsp3) is 0.440. The van der Waals surface area contributed by atoms with Crippen LogP contribution in [0.15, 0.2) is 48.7 Å². The molecule has 6 heteroatoms. The zero-order valence-corrected chi connectivity index (χ0v) is 18.9. The van der Waals surface area contributed by atoms with E-state index in [1.54, 1.807) is 0 Å². The van der Waals surface area contributed by atoms with E-state index in [2.05, 4.69) is 22.4 Å². The van der Waals surface area contributed by atoms with Crippen LogP contribution in [0.25, 0.3) is 10.9 Å². The number of carbonyl (C=O) groups is 1. The molecular formula is C25H31ClN4O. The first-order valence-corrected chi connectivity index (χ1v) is 11.7. The molecule has 4 rings (SSSR count). The van der Waals surface area contributed by atoms with Crippen LogP contribution in [0.5, 0.6) is 0 Å². The Hall–Kier alpha value is -2.37. The number of aromatic nitrogens is 2. The first kappa shape index (κ1) is 21.8. The zero-order chi connectivity index (χ0) is 21.6. The molecular weight excluding hydrogens is 408 g/mol. The minimum Gasteiger partial charge on any atom is -0.352 e. The van der Waals surface area contributed by atoms with Gasteiger partial charge in [0, 0.05) is 28.6 Å². The highest BCUT2D eigenvalue weighted by Crippen LogP contribution is 2.21. The van der Waals surface area contributed by atoms with Crippen LogP contribution in [0.4, 0.5) is 0 Å². The third kappa shape index (κ3) is 5.66. The standard InChI is InChI=1S/C25H31ClN4O/c1-29(23-6-3-2-4-7-23)15-5-14-27-25(31)20-10-11-21-17-28-30(24(21)16-20)18-19-8-12-22(26)13-9-19/h8-13,16-17,23H,2-7,14-15,18H2,1H3,(H,27,31). The van der Waals surface area contributed by atoms with Gasteiger partial charge in [-0.3, -0.25) is 9.48 Å². The predicted octanol–water partition coefficient (Wildman–Crippen LogP) is 5.12. The first-order chi connectivity index (χ1) is 15.1. The second-order valence-corrected chi connectivity index (χ2v) is 9.02. The van der Waals surface area contributed by atoms with Crippen molar-refractivity contribution in [3.05, 3.63) is 64.8 Å². The Labute approximate surface area is 189 Å². The highest BCUT2D eigenvalue weighted by molar-refractivity contribution is 6.30. The van der Waals surface area contributed by atoms with Crippen LogP contribution < -0.4 is 5.32 Å². The van der Waals surface area contributed by atoms with Crippen molar-refractivity contribution in [1.29, 1.82) is 0 Å². The number of carbonyl (C=O) groups excluding carboxylic acids is 1. The van der Waals surface area contributed by atoms with Crippen LogP contribution in [0, 0.1) is 0 Å². The summed E-state index contributed by atoms with van der Waals surface area (Å²) in [5.41, 5.74) is 2.75. The van der Waals surface area contributed by atoms with Crippen molar-refractivity contribution >= 4 is 28.4 Å². The van der Waals surface area contributed by atoms with Gasteiger partial charge in [-0.25, -0.2) is 0 Å². The van der Waals surface area contributed by atoms with E-state index in [0.717, 1.165) is 34.5 Å². The van der Waals surface area contributed by atoms with Crippen LogP contribution in [-0.4, -0.2) is 46.8 Å². The van der Waals surface area contributed by atoms with E-state index in [0.29, 0.717) is 24.7 Å². The molecule has 0 bridgehead atoms. The summed E-state index contributed by atoms with van der Waals surface area (Å²) in [6.07, 6.45) is 9.51. The highest BCUT2D eigenvalue weighted by atomic mass is 35.5. The Bertz CT molecular complexity index is 1010. The van der Waals surface area contributed by atoms with Crippen LogP contribution in [0.3, 0.4) is 0 Å². The smallest absolute Gasteiger partial charge is 0.251 e. The van der Waals surface area contributed by atoms with Crippen molar-refractivity contribution in [3.8, 4) is 0 Å². The zero-order valence-electron chi connectivity index (χ0n) is 18.2. The average molecular weight is 439 g/mol. The third-order valence-electron chi connectivity index (χ3n) is 6.32. The number of fused-ring (bicyclic) bond motifs is 1. The fourth-order valence-corrected chi connectivity index (χ4v) is 4.56. The molecule has 0 unspecified atom stereocenters. The van der Waals surface area contributed by atoms with Crippen molar-refractivity contribution in [1.82, 2.24) is 20.0 Å². The summed E-state index contributed by atoms with van der Waals surface area (Å²) in [5, 5.41) is 9.33. The Balaban J connectivity index is 1.33. The Morgan fingerprint density at radius 1 is 1.16 bits per heavy atom. The van der Waals surface area contributed by atoms with Gasteiger partial charge in [0.1, 0.15) is 0 Å². The molecule has 0 saturated heterocycles. The van der Waals surface area contributed by atoms with Crippen LogP contribution in [-0.2, 0) is 6.54 Å². The SMILES string of the molecule is CN(CCCNC(=O)c1ccc2cnn(Cc3ccc(Cl)cc3)c2c1)C1CCCCC1. The monoisotopic (exact) mass is 438 g/mol. The molecule has 2 aromatic carbocycles. The summed E-state index contributed by atoms with van der Waals surface area (Å²) in [6, 6.07) is 14.2. The van der Waals surface area contributed by atoms with Crippen molar-refractivity contribution in [2.45, 2.75) is 51.1 Å². The number of halogens is 1. The summed E-state index contributed by atoms with van der Waals surface area (Å²) >= 11 is 5.98. The maximum Gasteiger partial charge on any atom is 0.251 e. The predicted molar refractivity (Wildman–Crippen MR) is 127 cm³/mol. The molecule has 0 spiro atoms. The topological polar surface area (TPSA) is 50.2 Å². The lowest BCUT2D eigenvalue weighted by atomic mass is 9.94. The Morgan fingerprint density at radius 3 is 2.71 bits per heavy atom. The van der Waals surface area contributed by atoms with Gasteiger partial charge in [0.15, 0.2) is 0 Å². The van der Waals surface area contributed by atoms with Gasteiger partial charge in [-0.15, -0.1) is 0 Å². The number of benzene rings is 2. The first-order valence-electron chi connectivity index (χ1n) is 11.3. The van der Waals surface area contributed by atoms with Crippen molar-refractivity contribution < 1.29 is 4.79 Å². The highest BCUT2D eigenvalue weighted by Gasteiger charge is 2.17. The molecule has 3 aromatic rings. The molecule has 0 atom stereocenters. The summed E-state index contributed by atoms with van der Waals surface area (Å²) in [6.45, 7) is 2.36. The lowest BCUT2D eigenvalue weighted by Gasteiger charge is -2.31. The van der Waals surface area contributed by atoms with E-state index >= 15 is 0 Å². The van der Waals surface area contributed by atoms with Crippen LogP contribution in [0.1, 0.15) is 54.4 Å². The molecule has 164 valence electrons. The molecule has 5 nitrogen and oxygen atoms in total. The Kier molecular flexibility index (Phi) is 7.25. The second-order valence-electron chi connectivity index (χ2n) is 8.58. The van der Waals surface area contributed by atoms with Crippen LogP contribution in [0.2, 0.25) is 5.02 Å². The minimum absolute atomic E-state index is 0.0264. The normalized spacial score (nSPS) is 14.9. The number of rotatable bonds is 8. The van der Waals surface area contributed by atoms with Crippen molar-refractivity contribution in [2.24, 2.45) is 0 Å². The van der Waals surface area contributed by atoms with E-state index in [1.807, 2.05) is 53.3 Å². The van der Waals surface area contributed by atoms with Gasteiger partial charge >= 0.3 is 0 Å². The fourth-order valence-electron chi connectivity index (χ4n) is 4.44. The van der Waals surface area contributed by atoms with Gasteiger partial charge in [-0.1, -0.05) is 49.1 Å². The average Bonchev–Trinajstić information content (AvgIpc) is 3.20. The molecule has 1 heterocycles. The number of nitrogens with one attached hydrogen (secondary N) is 1. The van der Waals surface area contributed by atoms with E-state index < -0.39 is 0 Å². The number of hydrogen-bond acceptors (Lipinski definition) is 3. The van der Waals surface area contributed by atoms with Gasteiger partial charge in [-0.2, -0.15) is 5.10 Å². The molecule has 0 aliphatic heterocycles. The third-order valence-corrected chi connectivity index (χ3v) is 6.58. The van der Waals surface area contributed by atoms with Gasteiger partial charge in [0.2, 0.25) is 0 Å². The molecule has 1 aromatic heterocycles. The van der Waals surface area contributed by atoms with E-state index in [4.69, 9.17) is 11.6 Å².